The van der Waals surface area contributed by atoms with Crippen LogP contribution in [0.2, 0.25) is 0 Å². The third kappa shape index (κ3) is 1.86. The average Bonchev–Trinajstić information content (AvgIpc) is 2.91. The molecule has 0 bridgehead atoms. The number of hydrogen-bond donors (Lipinski definition) is 0. The molecule has 2 fully saturated rings. The highest BCUT2D eigenvalue weighted by atomic mass is 15.2. The molecular weight excluding hydrogens is 236 g/mol. The first-order chi connectivity index (χ1) is 9.42. The predicted molar refractivity (Wildman–Crippen MR) is 75.0 cm³/mol. The summed E-state index contributed by atoms with van der Waals surface area (Å²) in [7, 11) is 0. The van der Waals surface area contributed by atoms with Crippen LogP contribution in [0.5, 0.6) is 0 Å². The second-order valence-electron chi connectivity index (χ2n) is 5.66. The van der Waals surface area contributed by atoms with Gasteiger partial charge in [0.1, 0.15) is 11.3 Å². The number of fused-ring (bicyclic) bond motifs is 2. The molecule has 19 heavy (non-hydrogen) atoms. The highest BCUT2D eigenvalue weighted by Crippen LogP contribution is 2.38. The van der Waals surface area contributed by atoms with E-state index in [2.05, 4.69) is 20.9 Å². The van der Waals surface area contributed by atoms with Crippen LogP contribution in [-0.4, -0.2) is 27.5 Å². The van der Waals surface area contributed by atoms with Crippen LogP contribution in [0.1, 0.15) is 32.1 Å². The van der Waals surface area contributed by atoms with Gasteiger partial charge in [-0.25, -0.2) is 9.97 Å². The van der Waals surface area contributed by atoms with E-state index >= 15 is 0 Å². The molecule has 2 aromatic heterocycles. The minimum Gasteiger partial charge on any atom is -0.353 e. The fourth-order valence-electron chi connectivity index (χ4n) is 3.69. The first-order valence-electron chi connectivity index (χ1n) is 7.26. The Labute approximate surface area is 112 Å². The molecule has 2 atom stereocenters. The van der Waals surface area contributed by atoms with Crippen molar-refractivity contribution >= 4 is 17.0 Å². The SMILES string of the molecule is c1cnc2nc(N3CCC4CCCCC43)ccc2n1. The van der Waals surface area contributed by atoms with Crippen molar-refractivity contribution in [1.29, 1.82) is 0 Å². The molecule has 0 spiro atoms. The number of rotatable bonds is 1. The Morgan fingerprint density at radius 3 is 2.89 bits per heavy atom. The zero-order valence-electron chi connectivity index (χ0n) is 11.0. The largest absolute Gasteiger partial charge is 0.353 e. The van der Waals surface area contributed by atoms with Crippen LogP contribution < -0.4 is 4.90 Å². The molecule has 0 aromatic carbocycles. The number of nitrogens with zero attached hydrogens (tertiary/aromatic N) is 4. The lowest BCUT2D eigenvalue weighted by molar-refractivity contribution is 0.341. The van der Waals surface area contributed by atoms with Crippen molar-refractivity contribution in [3.63, 3.8) is 0 Å². The Morgan fingerprint density at radius 1 is 1.00 bits per heavy atom. The molecule has 2 aliphatic rings. The number of hydrogen-bond acceptors (Lipinski definition) is 4. The van der Waals surface area contributed by atoms with Gasteiger partial charge in [0, 0.05) is 25.0 Å². The third-order valence-corrected chi connectivity index (χ3v) is 4.62. The molecule has 1 saturated heterocycles. The first kappa shape index (κ1) is 11.1. The van der Waals surface area contributed by atoms with Crippen LogP contribution in [0.25, 0.3) is 11.2 Å². The molecule has 3 heterocycles. The third-order valence-electron chi connectivity index (χ3n) is 4.62. The Hall–Kier alpha value is -1.71. The molecule has 0 radical (unpaired) electrons. The van der Waals surface area contributed by atoms with E-state index in [1.165, 1.54) is 32.1 Å². The first-order valence-corrected chi connectivity index (χ1v) is 7.26. The average molecular weight is 254 g/mol. The van der Waals surface area contributed by atoms with Gasteiger partial charge in [-0.2, -0.15) is 0 Å². The summed E-state index contributed by atoms with van der Waals surface area (Å²) in [6, 6.07) is 4.85. The molecule has 0 N–H and O–H groups in total. The van der Waals surface area contributed by atoms with Crippen molar-refractivity contribution in [2.75, 3.05) is 11.4 Å². The maximum absolute atomic E-state index is 4.70. The summed E-state index contributed by atoms with van der Waals surface area (Å²) < 4.78 is 0. The van der Waals surface area contributed by atoms with E-state index in [9.17, 15) is 0 Å². The van der Waals surface area contributed by atoms with Crippen molar-refractivity contribution < 1.29 is 0 Å². The fourth-order valence-corrected chi connectivity index (χ4v) is 3.69. The molecule has 4 rings (SSSR count). The maximum atomic E-state index is 4.70. The lowest BCUT2D eigenvalue weighted by atomic mass is 9.85. The summed E-state index contributed by atoms with van der Waals surface area (Å²) in [5.74, 6) is 1.97. The Morgan fingerprint density at radius 2 is 1.89 bits per heavy atom. The quantitative estimate of drug-likeness (QED) is 0.784. The molecule has 4 nitrogen and oxygen atoms in total. The van der Waals surface area contributed by atoms with Crippen molar-refractivity contribution in [2.24, 2.45) is 5.92 Å². The molecule has 2 unspecified atom stereocenters. The Kier molecular flexibility index (Phi) is 2.60. The fraction of sp³-hybridized carbons (Fsp3) is 0.533. The molecule has 1 aliphatic heterocycles. The van der Waals surface area contributed by atoms with Gasteiger partial charge in [-0.15, -0.1) is 0 Å². The topological polar surface area (TPSA) is 41.9 Å². The summed E-state index contributed by atoms with van der Waals surface area (Å²) in [6.07, 6.45) is 10.3. The highest BCUT2D eigenvalue weighted by molar-refractivity contribution is 5.71. The molecular formula is C15H18N4. The van der Waals surface area contributed by atoms with Gasteiger partial charge in [-0.3, -0.25) is 4.98 Å². The van der Waals surface area contributed by atoms with Gasteiger partial charge >= 0.3 is 0 Å². The number of pyridine rings is 1. The Bertz CT molecular complexity index is 597. The van der Waals surface area contributed by atoms with E-state index in [0.717, 1.165) is 29.4 Å². The number of aromatic nitrogens is 3. The van der Waals surface area contributed by atoms with Crippen molar-refractivity contribution in [1.82, 2.24) is 15.0 Å². The summed E-state index contributed by atoms with van der Waals surface area (Å²) in [5.41, 5.74) is 1.64. The molecule has 0 amide bonds. The molecule has 1 saturated carbocycles. The van der Waals surface area contributed by atoms with E-state index in [1.54, 1.807) is 12.4 Å². The van der Waals surface area contributed by atoms with Crippen LogP contribution in [0.3, 0.4) is 0 Å². The molecule has 4 heteroatoms. The van der Waals surface area contributed by atoms with Gasteiger partial charge in [0.25, 0.3) is 0 Å². The highest BCUT2D eigenvalue weighted by Gasteiger charge is 2.36. The second kappa shape index (κ2) is 4.44. The smallest absolute Gasteiger partial charge is 0.180 e. The van der Waals surface area contributed by atoms with E-state index in [0.29, 0.717) is 6.04 Å². The van der Waals surface area contributed by atoms with Crippen LogP contribution in [0.4, 0.5) is 5.82 Å². The lowest BCUT2D eigenvalue weighted by Gasteiger charge is -2.32. The number of anilines is 1. The summed E-state index contributed by atoms with van der Waals surface area (Å²) in [4.78, 5) is 15.8. The van der Waals surface area contributed by atoms with Crippen molar-refractivity contribution in [3.8, 4) is 0 Å². The second-order valence-corrected chi connectivity index (χ2v) is 5.66. The summed E-state index contributed by atoms with van der Waals surface area (Å²) >= 11 is 0. The van der Waals surface area contributed by atoms with Gasteiger partial charge in [0.05, 0.1) is 0 Å². The molecule has 1 aliphatic carbocycles. The zero-order valence-corrected chi connectivity index (χ0v) is 11.0. The van der Waals surface area contributed by atoms with Crippen LogP contribution >= 0.6 is 0 Å². The van der Waals surface area contributed by atoms with Gasteiger partial charge in [-0.1, -0.05) is 12.8 Å². The standard InChI is InChI=1S/C15H18N4/c1-2-4-13-11(3-1)7-10-19(13)14-6-5-12-15(18-14)17-9-8-16-12/h5-6,8-9,11,13H,1-4,7,10H2. The van der Waals surface area contributed by atoms with E-state index in [4.69, 9.17) is 4.98 Å². The van der Waals surface area contributed by atoms with Crippen LogP contribution in [0, 0.1) is 5.92 Å². The lowest BCUT2D eigenvalue weighted by Crippen LogP contribution is -2.35. The van der Waals surface area contributed by atoms with Gasteiger partial charge in [-0.05, 0) is 37.3 Å². The predicted octanol–water partition coefficient (Wildman–Crippen LogP) is 2.79. The van der Waals surface area contributed by atoms with E-state index < -0.39 is 0 Å². The van der Waals surface area contributed by atoms with Gasteiger partial charge in [0.15, 0.2) is 5.65 Å². The van der Waals surface area contributed by atoms with Crippen molar-refractivity contribution in [3.05, 3.63) is 24.5 Å². The van der Waals surface area contributed by atoms with E-state index in [-0.39, 0.29) is 0 Å². The van der Waals surface area contributed by atoms with Crippen LogP contribution in [0.15, 0.2) is 24.5 Å². The van der Waals surface area contributed by atoms with Crippen molar-refractivity contribution in [2.45, 2.75) is 38.1 Å². The van der Waals surface area contributed by atoms with E-state index in [1.807, 2.05) is 6.07 Å². The van der Waals surface area contributed by atoms with Gasteiger partial charge in [0.2, 0.25) is 0 Å². The zero-order chi connectivity index (χ0) is 12.7. The van der Waals surface area contributed by atoms with Crippen LogP contribution in [-0.2, 0) is 0 Å². The normalized spacial score (nSPS) is 26.6. The summed E-state index contributed by atoms with van der Waals surface area (Å²) in [5, 5.41) is 0. The minimum absolute atomic E-state index is 0.704. The summed E-state index contributed by atoms with van der Waals surface area (Å²) in [6.45, 7) is 1.15. The monoisotopic (exact) mass is 254 g/mol. The molecule has 98 valence electrons. The van der Waals surface area contributed by atoms with Gasteiger partial charge < -0.3 is 4.90 Å². The Balaban J connectivity index is 1.70. The minimum atomic E-state index is 0.704. The molecule has 2 aromatic rings. The maximum Gasteiger partial charge on any atom is 0.180 e.